The second kappa shape index (κ2) is 12.1. The highest BCUT2D eigenvalue weighted by Gasteiger charge is 2.33. The van der Waals surface area contributed by atoms with Gasteiger partial charge in [-0.25, -0.2) is 4.99 Å². The number of para-hydroxylation sites is 1. The van der Waals surface area contributed by atoms with E-state index in [2.05, 4.69) is 102 Å². The number of anilines is 1. The molecule has 6 rings (SSSR count). The predicted octanol–water partition coefficient (Wildman–Crippen LogP) is 10.6. The summed E-state index contributed by atoms with van der Waals surface area (Å²) in [5.41, 5.74) is 7.42. The van der Waals surface area contributed by atoms with E-state index >= 15 is 0 Å². The zero-order valence-electron chi connectivity index (χ0n) is 24.9. The van der Waals surface area contributed by atoms with Gasteiger partial charge in [0.25, 0.3) is 5.91 Å². The van der Waals surface area contributed by atoms with Gasteiger partial charge in [0.2, 0.25) is 0 Å². The number of halogens is 2. The van der Waals surface area contributed by atoms with Crippen LogP contribution in [0, 0.1) is 18.3 Å². The Morgan fingerprint density at radius 1 is 1.09 bits per heavy atom. The first-order chi connectivity index (χ1) is 20.6. The summed E-state index contributed by atoms with van der Waals surface area (Å²) < 4.78 is 3.42. The van der Waals surface area contributed by atoms with Crippen LogP contribution in [0.4, 0.5) is 10.7 Å². The van der Waals surface area contributed by atoms with Crippen LogP contribution in [0.5, 0.6) is 0 Å². The third-order valence-corrected chi connectivity index (χ3v) is 10.6. The van der Waals surface area contributed by atoms with Crippen LogP contribution in [0.3, 0.4) is 0 Å². The lowest BCUT2D eigenvalue weighted by Crippen LogP contribution is -2.27. The number of nitrogens with zero attached hydrogens (tertiary/aromatic N) is 2. The molecule has 2 aromatic heterocycles. The molecule has 0 unspecified atom stereocenters. The zero-order valence-corrected chi connectivity index (χ0v) is 28.0. The maximum Gasteiger partial charge on any atom is 0.259 e. The standard InChI is InChI=1S/C36H35BrClN3OS/c1-22-30(28-7-5-6-8-31(28)41(22)21-23-9-12-25(37)13-10-23)20-39-35-33(34(42)40-27-16-14-26(38)15-17-27)29-18-11-24(36(2,3)4)19-32(29)43-35/h5-10,12-17,20,24H,11,18-19,21H2,1-4H3,(H,40,42)/t24-/m1/s1. The van der Waals surface area contributed by atoms with E-state index in [1.807, 2.05) is 18.3 Å². The second-order valence-corrected chi connectivity index (χ2v) is 14.9. The van der Waals surface area contributed by atoms with Crippen molar-refractivity contribution in [3.05, 3.63) is 115 Å². The quantitative estimate of drug-likeness (QED) is 0.179. The smallest absolute Gasteiger partial charge is 0.259 e. The molecule has 220 valence electrons. The van der Waals surface area contributed by atoms with E-state index < -0.39 is 0 Å². The van der Waals surface area contributed by atoms with Crippen molar-refractivity contribution in [1.29, 1.82) is 0 Å². The SMILES string of the molecule is Cc1c(C=Nc2sc3c(c2C(=O)Nc2ccc(Cl)cc2)CC[C@@H](C(C)(C)C)C3)c2ccccc2n1Cc1ccc(Br)cc1. The summed E-state index contributed by atoms with van der Waals surface area (Å²) in [7, 11) is 0. The van der Waals surface area contributed by atoms with Crippen molar-refractivity contribution in [3.63, 3.8) is 0 Å². The molecule has 1 N–H and O–H groups in total. The van der Waals surface area contributed by atoms with E-state index in [0.29, 0.717) is 16.5 Å². The van der Waals surface area contributed by atoms with Crippen molar-refractivity contribution < 1.29 is 4.79 Å². The molecule has 43 heavy (non-hydrogen) atoms. The monoisotopic (exact) mass is 671 g/mol. The maximum absolute atomic E-state index is 13.8. The fourth-order valence-electron chi connectivity index (χ4n) is 6.08. The van der Waals surface area contributed by atoms with Crippen LogP contribution in [0.2, 0.25) is 5.02 Å². The first kappa shape index (κ1) is 29.9. The molecular formula is C36H35BrClN3OS. The van der Waals surface area contributed by atoms with Crippen LogP contribution >= 0.6 is 38.9 Å². The van der Waals surface area contributed by atoms with Crippen LogP contribution < -0.4 is 5.32 Å². The minimum Gasteiger partial charge on any atom is -0.340 e. The van der Waals surface area contributed by atoms with Gasteiger partial charge >= 0.3 is 0 Å². The third-order valence-electron chi connectivity index (χ3n) is 8.65. The van der Waals surface area contributed by atoms with Crippen molar-refractivity contribution in [2.24, 2.45) is 16.3 Å². The van der Waals surface area contributed by atoms with E-state index in [-0.39, 0.29) is 11.3 Å². The number of hydrogen-bond donors (Lipinski definition) is 1. The topological polar surface area (TPSA) is 46.4 Å². The Balaban J connectivity index is 1.40. The molecule has 0 radical (unpaired) electrons. The van der Waals surface area contributed by atoms with E-state index in [0.717, 1.165) is 63.2 Å². The minimum absolute atomic E-state index is 0.115. The first-order valence-electron chi connectivity index (χ1n) is 14.7. The number of amides is 1. The molecule has 0 saturated heterocycles. The van der Waals surface area contributed by atoms with Crippen molar-refractivity contribution >= 4 is 72.6 Å². The van der Waals surface area contributed by atoms with Gasteiger partial charge < -0.3 is 9.88 Å². The normalized spacial score (nSPS) is 15.3. The number of carbonyl (C=O) groups is 1. The maximum atomic E-state index is 13.8. The number of aromatic nitrogens is 1. The number of aliphatic imine (C=N–C) groups is 1. The molecule has 0 spiro atoms. The van der Waals surface area contributed by atoms with Crippen molar-refractivity contribution in [1.82, 2.24) is 4.57 Å². The molecule has 2 heterocycles. The van der Waals surface area contributed by atoms with Crippen molar-refractivity contribution in [2.75, 3.05) is 5.32 Å². The summed E-state index contributed by atoms with van der Waals surface area (Å²) in [5.74, 6) is 0.456. The molecule has 4 nitrogen and oxygen atoms in total. The zero-order chi connectivity index (χ0) is 30.3. The van der Waals surface area contributed by atoms with Crippen LogP contribution in [0.25, 0.3) is 10.9 Å². The van der Waals surface area contributed by atoms with Gasteiger partial charge in [-0.15, -0.1) is 11.3 Å². The van der Waals surface area contributed by atoms with Crippen molar-refractivity contribution in [3.8, 4) is 0 Å². The van der Waals surface area contributed by atoms with Gasteiger partial charge in [0.1, 0.15) is 5.00 Å². The predicted molar refractivity (Wildman–Crippen MR) is 186 cm³/mol. The fourth-order valence-corrected chi connectivity index (χ4v) is 7.74. The Morgan fingerprint density at radius 3 is 2.53 bits per heavy atom. The van der Waals surface area contributed by atoms with Crippen LogP contribution in [-0.4, -0.2) is 16.7 Å². The molecule has 7 heteroatoms. The Labute approximate surface area is 270 Å². The van der Waals surface area contributed by atoms with Gasteiger partial charge in [-0.3, -0.25) is 4.79 Å². The fraction of sp³-hybridized carbons (Fsp3) is 0.278. The van der Waals surface area contributed by atoms with Gasteiger partial charge in [0.05, 0.1) is 5.56 Å². The largest absolute Gasteiger partial charge is 0.340 e. The van der Waals surface area contributed by atoms with E-state index in [4.69, 9.17) is 16.6 Å². The Hall–Kier alpha value is -3.19. The summed E-state index contributed by atoms with van der Waals surface area (Å²) >= 11 is 11.3. The highest BCUT2D eigenvalue weighted by Crippen LogP contribution is 2.45. The molecule has 0 fully saturated rings. The van der Waals surface area contributed by atoms with Gasteiger partial charge in [-0.1, -0.05) is 78.6 Å². The molecule has 0 saturated carbocycles. The van der Waals surface area contributed by atoms with Crippen molar-refractivity contribution in [2.45, 2.75) is 53.5 Å². The Bertz CT molecular complexity index is 1830. The van der Waals surface area contributed by atoms with E-state index in [9.17, 15) is 4.79 Å². The summed E-state index contributed by atoms with van der Waals surface area (Å²) in [6, 6.07) is 24.2. The lowest BCUT2D eigenvalue weighted by atomic mass is 9.72. The lowest BCUT2D eigenvalue weighted by molar-refractivity contribution is 0.102. The Morgan fingerprint density at radius 2 is 1.81 bits per heavy atom. The molecule has 5 aromatic rings. The molecular weight excluding hydrogens is 638 g/mol. The molecule has 3 aromatic carbocycles. The summed E-state index contributed by atoms with van der Waals surface area (Å²) in [6.07, 6.45) is 4.90. The molecule has 1 atom stereocenters. The van der Waals surface area contributed by atoms with Gasteiger partial charge in [0, 0.05) is 55.0 Å². The Kier molecular flexibility index (Phi) is 8.38. The van der Waals surface area contributed by atoms with Gasteiger partial charge in [-0.2, -0.15) is 0 Å². The molecule has 0 aliphatic heterocycles. The highest BCUT2D eigenvalue weighted by atomic mass is 79.9. The van der Waals surface area contributed by atoms with E-state index in [1.54, 1.807) is 23.5 Å². The van der Waals surface area contributed by atoms with Crippen LogP contribution in [0.15, 0.2) is 82.3 Å². The number of carbonyl (C=O) groups excluding carboxylic acids is 1. The summed E-state index contributed by atoms with van der Waals surface area (Å²) in [5, 5.41) is 5.67. The second-order valence-electron chi connectivity index (χ2n) is 12.4. The summed E-state index contributed by atoms with van der Waals surface area (Å²) in [6.45, 7) is 9.87. The average Bonchev–Trinajstić information content (AvgIpc) is 3.48. The molecule has 1 aliphatic carbocycles. The van der Waals surface area contributed by atoms with E-state index in [1.165, 1.54) is 16.0 Å². The average molecular weight is 673 g/mol. The number of benzene rings is 3. The molecule has 1 amide bonds. The minimum atomic E-state index is -0.115. The number of hydrogen-bond acceptors (Lipinski definition) is 3. The number of fused-ring (bicyclic) bond motifs is 2. The summed E-state index contributed by atoms with van der Waals surface area (Å²) in [4.78, 5) is 20.2. The van der Waals surface area contributed by atoms with Gasteiger partial charge in [-0.05, 0) is 91.1 Å². The molecule has 1 aliphatic rings. The first-order valence-corrected chi connectivity index (χ1v) is 16.6. The van der Waals surface area contributed by atoms with Crippen LogP contribution in [0.1, 0.15) is 64.8 Å². The third kappa shape index (κ3) is 6.24. The lowest BCUT2D eigenvalue weighted by Gasteiger charge is -2.33. The number of nitrogens with one attached hydrogen (secondary N) is 1. The number of thiophene rings is 1. The van der Waals surface area contributed by atoms with Crippen LogP contribution in [-0.2, 0) is 19.4 Å². The molecule has 0 bridgehead atoms. The number of rotatable bonds is 6. The van der Waals surface area contributed by atoms with Gasteiger partial charge in [0.15, 0.2) is 0 Å². The highest BCUT2D eigenvalue weighted by molar-refractivity contribution is 9.10.